The second-order valence-corrected chi connectivity index (χ2v) is 9.44. The Bertz CT molecular complexity index is 1310. The monoisotopic (exact) mass is 465 g/mol. The van der Waals surface area contributed by atoms with Crippen molar-refractivity contribution in [1.82, 2.24) is 15.0 Å². The molecule has 1 radical (unpaired) electrons. The van der Waals surface area contributed by atoms with Crippen molar-refractivity contribution in [3.8, 4) is 23.2 Å². The molecular weight excluding hydrogens is 439 g/mol. The number of aromatic nitrogens is 3. The van der Waals surface area contributed by atoms with Gasteiger partial charge >= 0.3 is 7.41 Å². The molecule has 2 aliphatic rings. The summed E-state index contributed by atoms with van der Waals surface area (Å²) in [7, 11) is 3.10. The topological polar surface area (TPSA) is 104 Å². The van der Waals surface area contributed by atoms with E-state index in [2.05, 4.69) is 34.3 Å². The number of methoxy groups -OCH3 is 1. The smallest absolute Gasteiger partial charge is 0.329 e. The predicted molar refractivity (Wildman–Crippen MR) is 135 cm³/mol. The average molecular weight is 465 g/mol. The summed E-state index contributed by atoms with van der Waals surface area (Å²) in [6.07, 6.45) is 8.90. The number of nitrogens with one attached hydrogen (secondary N) is 1. The van der Waals surface area contributed by atoms with Crippen LogP contribution < -0.4 is 14.9 Å². The van der Waals surface area contributed by atoms with Crippen LogP contribution in [0.15, 0.2) is 42.7 Å². The first kappa shape index (κ1) is 22.8. The molecule has 0 saturated heterocycles. The number of nitrogens with zero attached hydrogens (tertiary/aromatic N) is 5. The van der Waals surface area contributed by atoms with Gasteiger partial charge in [-0.2, -0.15) is 5.26 Å². The molecule has 1 unspecified atom stereocenters. The van der Waals surface area contributed by atoms with Crippen LogP contribution in [0.3, 0.4) is 0 Å². The van der Waals surface area contributed by atoms with E-state index in [4.69, 9.17) is 9.72 Å². The Morgan fingerprint density at radius 1 is 1.31 bits per heavy atom. The van der Waals surface area contributed by atoms with Gasteiger partial charge in [0.2, 0.25) is 11.8 Å². The molecule has 35 heavy (non-hydrogen) atoms. The van der Waals surface area contributed by atoms with Gasteiger partial charge in [-0.05, 0) is 54.7 Å². The molecule has 1 aliphatic carbocycles. The lowest BCUT2D eigenvalue weighted by Crippen LogP contribution is -2.34. The van der Waals surface area contributed by atoms with Crippen LogP contribution in [0.2, 0.25) is 0 Å². The van der Waals surface area contributed by atoms with Gasteiger partial charge in [0.05, 0.1) is 18.4 Å². The maximum Gasteiger partial charge on any atom is 0.329 e. The molecule has 0 bridgehead atoms. The fraction of sp³-hybridized carbons (Fsp3) is 0.346. The number of carbonyl (C=O) groups is 1. The maximum atomic E-state index is 11.4. The van der Waals surface area contributed by atoms with Crippen molar-refractivity contribution in [1.29, 1.82) is 5.26 Å². The number of hydrogen-bond donors (Lipinski definition) is 1. The highest BCUT2D eigenvalue weighted by Gasteiger charge is 2.41. The number of ether oxygens (including phenoxy) is 1. The average Bonchev–Trinajstić information content (AvgIpc) is 3.67. The van der Waals surface area contributed by atoms with Crippen LogP contribution in [0, 0.1) is 17.2 Å². The molecule has 175 valence electrons. The molecule has 1 N–H and O–H groups in total. The van der Waals surface area contributed by atoms with E-state index in [9.17, 15) is 10.1 Å². The van der Waals surface area contributed by atoms with Gasteiger partial charge in [-0.1, -0.05) is 19.8 Å². The van der Waals surface area contributed by atoms with Crippen LogP contribution >= 0.6 is 0 Å². The van der Waals surface area contributed by atoms with Gasteiger partial charge in [-0.15, -0.1) is 0 Å². The summed E-state index contributed by atoms with van der Waals surface area (Å²) in [6.45, 7) is 2.92. The van der Waals surface area contributed by atoms with Crippen molar-refractivity contribution in [3.63, 3.8) is 0 Å². The molecule has 1 fully saturated rings. The Kier molecular flexibility index (Phi) is 6.12. The van der Waals surface area contributed by atoms with Crippen molar-refractivity contribution >= 4 is 30.9 Å². The molecule has 3 heterocycles. The van der Waals surface area contributed by atoms with Crippen molar-refractivity contribution in [3.05, 3.63) is 53.9 Å². The molecule has 1 saturated carbocycles. The summed E-state index contributed by atoms with van der Waals surface area (Å²) in [4.78, 5) is 26.5. The number of pyridine rings is 1. The van der Waals surface area contributed by atoms with Gasteiger partial charge in [0.15, 0.2) is 0 Å². The number of fused-ring (bicyclic) bond motifs is 1. The normalized spacial score (nSPS) is 18.5. The van der Waals surface area contributed by atoms with Crippen molar-refractivity contribution < 1.29 is 9.53 Å². The van der Waals surface area contributed by atoms with Crippen molar-refractivity contribution in [2.45, 2.75) is 38.0 Å². The molecule has 0 spiro atoms. The lowest BCUT2D eigenvalue weighted by molar-refractivity contribution is 0.400. The SMILES string of the molecule is COc1ncccc1Nc1nccc(-c2cc(C#N)c3c(c2)C(C)(CCC2CC2)CN3[B]C=O)n1. The summed E-state index contributed by atoms with van der Waals surface area (Å²) in [5.74, 6) is 1.65. The summed E-state index contributed by atoms with van der Waals surface area (Å²) in [6, 6.07) is 11.8. The molecule has 5 rings (SSSR count). The zero-order valence-electron chi connectivity index (χ0n) is 19.9. The molecule has 3 aromatic rings. The molecule has 1 aromatic carbocycles. The van der Waals surface area contributed by atoms with Crippen LogP contribution in [0.25, 0.3) is 11.3 Å². The zero-order valence-corrected chi connectivity index (χ0v) is 19.9. The first-order chi connectivity index (χ1) is 17.0. The highest BCUT2D eigenvalue weighted by atomic mass is 16.5. The first-order valence-corrected chi connectivity index (χ1v) is 11.8. The molecule has 9 heteroatoms. The lowest BCUT2D eigenvalue weighted by atomic mass is 9.78. The Morgan fingerprint density at radius 2 is 2.17 bits per heavy atom. The summed E-state index contributed by atoms with van der Waals surface area (Å²) >= 11 is 0. The van der Waals surface area contributed by atoms with Crippen LogP contribution in [-0.4, -0.2) is 42.2 Å². The second kappa shape index (κ2) is 9.38. The van der Waals surface area contributed by atoms with Gasteiger partial charge < -0.3 is 19.7 Å². The van der Waals surface area contributed by atoms with Crippen molar-refractivity contribution in [2.75, 3.05) is 23.8 Å². The van der Waals surface area contributed by atoms with Gasteiger partial charge in [0.25, 0.3) is 0 Å². The van der Waals surface area contributed by atoms with E-state index in [0.717, 1.165) is 41.8 Å². The summed E-state index contributed by atoms with van der Waals surface area (Å²) < 4.78 is 5.31. The molecule has 1 atom stereocenters. The van der Waals surface area contributed by atoms with E-state index in [1.807, 2.05) is 23.0 Å². The first-order valence-electron chi connectivity index (χ1n) is 11.8. The van der Waals surface area contributed by atoms with Gasteiger partial charge in [0.1, 0.15) is 17.9 Å². The quantitative estimate of drug-likeness (QED) is 0.370. The van der Waals surface area contributed by atoms with Crippen LogP contribution in [0.1, 0.15) is 43.7 Å². The van der Waals surface area contributed by atoms with Gasteiger partial charge in [0, 0.05) is 35.6 Å². The van der Waals surface area contributed by atoms with E-state index in [-0.39, 0.29) is 5.41 Å². The predicted octanol–water partition coefficient (Wildman–Crippen LogP) is 4.24. The summed E-state index contributed by atoms with van der Waals surface area (Å²) in [5.41, 5.74) is 4.50. The fourth-order valence-electron chi connectivity index (χ4n) is 4.87. The van der Waals surface area contributed by atoms with E-state index in [0.29, 0.717) is 35.3 Å². The summed E-state index contributed by atoms with van der Waals surface area (Å²) in [5, 5.41) is 13.2. The number of rotatable bonds is 9. The van der Waals surface area contributed by atoms with Gasteiger partial charge in [-0.3, -0.25) is 0 Å². The van der Waals surface area contributed by atoms with Gasteiger partial charge in [-0.25, -0.2) is 15.0 Å². The molecular formula is C26H26BN6O2. The Hall–Kier alpha value is -3.93. The number of hydrogen-bond acceptors (Lipinski definition) is 8. The minimum Gasteiger partial charge on any atom is -0.480 e. The lowest BCUT2D eigenvalue weighted by Gasteiger charge is -2.26. The van der Waals surface area contributed by atoms with Crippen LogP contribution in [-0.2, 0) is 10.2 Å². The second-order valence-electron chi connectivity index (χ2n) is 9.44. The molecule has 0 amide bonds. The zero-order chi connectivity index (χ0) is 24.4. The van der Waals surface area contributed by atoms with E-state index < -0.39 is 0 Å². The number of anilines is 3. The number of nitriles is 1. The number of carbonyl (C=O) groups excluding carboxylic acids is 1. The van der Waals surface area contributed by atoms with Crippen LogP contribution in [0.5, 0.6) is 5.88 Å². The largest absolute Gasteiger partial charge is 0.480 e. The minimum atomic E-state index is -0.157. The van der Waals surface area contributed by atoms with Crippen molar-refractivity contribution in [2.24, 2.45) is 5.92 Å². The third-order valence-electron chi connectivity index (χ3n) is 6.89. The minimum absolute atomic E-state index is 0.157. The Labute approximate surface area is 205 Å². The third-order valence-corrected chi connectivity index (χ3v) is 6.89. The highest BCUT2D eigenvalue weighted by Crippen LogP contribution is 2.48. The standard InChI is InChI=1S/C26H26BN6O2/c1-26(9-7-17-5-6-17)15-33(27-16-34)23-19(14-28)12-18(13-20(23)26)21-8-11-30-25(31-21)32-22-4-3-10-29-24(22)35-2/h3-4,8,10-13,16-17H,5-7,9,15H2,1-2H3,(H,30,31,32). The highest BCUT2D eigenvalue weighted by molar-refractivity contribution is 6.70. The third kappa shape index (κ3) is 4.56. The molecule has 8 nitrogen and oxygen atoms in total. The Morgan fingerprint density at radius 3 is 2.91 bits per heavy atom. The van der Waals surface area contributed by atoms with E-state index in [1.165, 1.54) is 20.3 Å². The Balaban J connectivity index is 1.53. The fourth-order valence-corrected chi connectivity index (χ4v) is 4.87. The van der Waals surface area contributed by atoms with E-state index >= 15 is 0 Å². The molecule has 2 aromatic heterocycles. The van der Waals surface area contributed by atoms with E-state index in [1.54, 1.807) is 25.6 Å². The van der Waals surface area contributed by atoms with Crippen LogP contribution in [0.4, 0.5) is 17.3 Å². The number of benzene rings is 1. The molecule has 1 aliphatic heterocycles. The maximum absolute atomic E-state index is 11.4.